The first-order valence-corrected chi connectivity index (χ1v) is 10.1. The maximum Gasteiger partial charge on any atom is 0.129 e. The SMILES string of the molecule is Cc1nc2cc(CC[N+]34CC[N+](CCCO)(CC3)CC4)ccc2s1. The van der Waals surface area contributed by atoms with E-state index < -0.39 is 0 Å². The molecular weight excluding hydrogens is 318 g/mol. The molecule has 5 heteroatoms. The molecule has 0 saturated carbocycles. The zero-order valence-electron chi connectivity index (χ0n) is 14.7. The van der Waals surface area contributed by atoms with Gasteiger partial charge in [-0.05, 0) is 24.6 Å². The largest absolute Gasteiger partial charge is 0.396 e. The molecule has 1 aromatic carbocycles. The van der Waals surface area contributed by atoms with Crippen LogP contribution in [-0.4, -0.2) is 78.0 Å². The standard InChI is InChI=1S/C19H29N3OS/c1-16-20-18-15-17(3-4-19(18)24-16)5-7-22-11-8-21(9-12-22,10-13-22)6-2-14-23/h3-4,15,23H,2,5-14H2,1H3/q+2. The van der Waals surface area contributed by atoms with Crippen LogP contribution in [-0.2, 0) is 6.42 Å². The lowest BCUT2D eigenvalue weighted by atomic mass is 10.0. The number of nitrogens with zero attached hydrogens (tertiary/aromatic N) is 3. The Kier molecular flexibility index (Phi) is 4.37. The Morgan fingerprint density at radius 2 is 1.71 bits per heavy atom. The number of benzene rings is 1. The molecule has 3 aliphatic heterocycles. The molecule has 3 aliphatic rings. The van der Waals surface area contributed by atoms with Crippen molar-refractivity contribution >= 4 is 21.6 Å². The van der Waals surface area contributed by atoms with Crippen molar-refractivity contribution in [2.75, 3.05) is 59.0 Å². The highest BCUT2D eigenvalue weighted by Crippen LogP contribution is 2.28. The number of aryl methyl sites for hydroxylation is 1. The summed E-state index contributed by atoms with van der Waals surface area (Å²) in [6, 6.07) is 6.85. The van der Waals surface area contributed by atoms with E-state index in [1.807, 2.05) is 0 Å². The predicted molar refractivity (Wildman–Crippen MR) is 99.2 cm³/mol. The number of thiazole rings is 1. The minimum Gasteiger partial charge on any atom is -0.396 e. The number of hydrogen-bond acceptors (Lipinski definition) is 3. The molecule has 0 amide bonds. The molecule has 24 heavy (non-hydrogen) atoms. The van der Waals surface area contributed by atoms with Crippen LogP contribution in [0.1, 0.15) is 17.0 Å². The molecule has 0 aliphatic carbocycles. The van der Waals surface area contributed by atoms with E-state index in [1.54, 1.807) is 11.3 Å². The van der Waals surface area contributed by atoms with Gasteiger partial charge in [-0.15, -0.1) is 11.3 Å². The quantitative estimate of drug-likeness (QED) is 0.813. The third-order valence-corrected chi connectivity index (χ3v) is 7.32. The Hall–Kier alpha value is -1.01. The second-order valence-electron chi connectivity index (χ2n) is 7.83. The van der Waals surface area contributed by atoms with Gasteiger partial charge in [0.25, 0.3) is 0 Å². The number of piperazine rings is 3. The van der Waals surface area contributed by atoms with Gasteiger partial charge in [-0.25, -0.2) is 4.98 Å². The molecule has 1 N–H and O–H groups in total. The van der Waals surface area contributed by atoms with Crippen LogP contribution in [0.5, 0.6) is 0 Å². The second kappa shape index (κ2) is 6.37. The van der Waals surface area contributed by atoms with Crippen molar-refractivity contribution in [3.63, 3.8) is 0 Å². The van der Waals surface area contributed by atoms with Gasteiger partial charge in [0.15, 0.2) is 0 Å². The second-order valence-corrected chi connectivity index (χ2v) is 9.07. The molecule has 3 fully saturated rings. The smallest absolute Gasteiger partial charge is 0.129 e. The lowest BCUT2D eigenvalue weighted by molar-refractivity contribution is -1.08. The van der Waals surface area contributed by atoms with E-state index in [0.29, 0.717) is 6.61 Å². The Morgan fingerprint density at radius 1 is 1.04 bits per heavy atom. The average Bonchev–Trinajstić information content (AvgIpc) is 2.99. The molecular formula is C19H29N3OS+2. The van der Waals surface area contributed by atoms with Gasteiger partial charge in [0.05, 0.1) is 28.3 Å². The highest BCUT2D eigenvalue weighted by Gasteiger charge is 2.48. The van der Waals surface area contributed by atoms with Gasteiger partial charge in [-0.3, -0.25) is 0 Å². The van der Waals surface area contributed by atoms with Gasteiger partial charge in [-0.1, -0.05) is 6.07 Å². The van der Waals surface area contributed by atoms with E-state index in [2.05, 4.69) is 30.1 Å². The Morgan fingerprint density at radius 3 is 2.38 bits per heavy atom. The first kappa shape index (κ1) is 16.5. The number of aromatic nitrogens is 1. The van der Waals surface area contributed by atoms with E-state index in [9.17, 15) is 0 Å². The summed E-state index contributed by atoms with van der Waals surface area (Å²) >= 11 is 1.79. The molecule has 5 rings (SSSR count). The molecule has 0 spiro atoms. The van der Waals surface area contributed by atoms with Crippen LogP contribution in [0, 0.1) is 6.92 Å². The molecule has 130 valence electrons. The topological polar surface area (TPSA) is 33.1 Å². The molecule has 2 bridgehead atoms. The third kappa shape index (κ3) is 3.10. The summed E-state index contributed by atoms with van der Waals surface area (Å²) in [7, 11) is 0. The monoisotopic (exact) mass is 347 g/mol. The Labute approximate surface area is 148 Å². The van der Waals surface area contributed by atoms with Crippen LogP contribution in [0.25, 0.3) is 10.2 Å². The van der Waals surface area contributed by atoms with Crippen LogP contribution in [0.15, 0.2) is 18.2 Å². The summed E-state index contributed by atoms with van der Waals surface area (Å²) in [6.07, 6.45) is 2.14. The van der Waals surface area contributed by atoms with Crippen molar-refractivity contribution in [2.45, 2.75) is 19.8 Å². The molecule has 0 radical (unpaired) electrons. The normalized spacial score (nSPS) is 29.4. The van der Waals surface area contributed by atoms with Crippen molar-refractivity contribution < 1.29 is 14.1 Å². The van der Waals surface area contributed by atoms with Crippen molar-refractivity contribution in [3.8, 4) is 0 Å². The summed E-state index contributed by atoms with van der Waals surface area (Å²) in [5.41, 5.74) is 2.62. The van der Waals surface area contributed by atoms with Crippen LogP contribution in [0.3, 0.4) is 0 Å². The number of quaternary nitrogens is 2. The molecule has 4 nitrogen and oxygen atoms in total. The molecule has 3 saturated heterocycles. The van der Waals surface area contributed by atoms with E-state index in [1.165, 1.54) is 83.5 Å². The highest BCUT2D eigenvalue weighted by atomic mass is 32.1. The van der Waals surface area contributed by atoms with Crippen molar-refractivity contribution in [1.82, 2.24) is 4.98 Å². The van der Waals surface area contributed by atoms with E-state index in [-0.39, 0.29) is 0 Å². The van der Waals surface area contributed by atoms with Crippen LogP contribution in [0.2, 0.25) is 0 Å². The molecule has 0 unspecified atom stereocenters. The zero-order chi connectivity index (χ0) is 16.6. The minimum absolute atomic E-state index is 0.346. The van der Waals surface area contributed by atoms with Gasteiger partial charge >= 0.3 is 0 Å². The molecule has 4 heterocycles. The minimum atomic E-state index is 0.346. The number of hydrogen-bond donors (Lipinski definition) is 1. The lowest BCUT2D eigenvalue weighted by Crippen LogP contribution is -2.75. The number of rotatable bonds is 6. The summed E-state index contributed by atoms with van der Waals surface area (Å²) < 4.78 is 3.89. The van der Waals surface area contributed by atoms with Crippen LogP contribution >= 0.6 is 11.3 Å². The maximum absolute atomic E-state index is 9.14. The van der Waals surface area contributed by atoms with Gasteiger partial charge in [0.2, 0.25) is 0 Å². The van der Waals surface area contributed by atoms with Gasteiger partial charge in [-0.2, -0.15) is 0 Å². The first-order chi connectivity index (χ1) is 11.6. The van der Waals surface area contributed by atoms with Crippen molar-refractivity contribution in [2.24, 2.45) is 0 Å². The Bertz CT molecular complexity index is 702. The van der Waals surface area contributed by atoms with Crippen LogP contribution < -0.4 is 0 Å². The van der Waals surface area contributed by atoms with Gasteiger partial charge < -0.3 is 14.1 Å². The van der Waals surface area contributed by atoms with E-state index >= 15 is 0 Å². The van der Waals surface area contributed by atoms with Crippen molar-refractivity contribution in [1.29, 1.82) is 0 Å². The third-order valence-electron chi connectivity index (χ3n) is 6.37. The Balaban J connectivity index is 1.39. The zero-order valence-corrected chi connectivity index (χ0v) is 15.5. The molecule has 1 aromatic heterocycles. The van der Waals surface area contributed by atoms with Crippen molar-refractivity contribution in [3.05, 3.63) is 28.8 Å². The fourth-order valence-electron chi connectivity index (χ4n) is 4.63. The molecule has 0 atom stereocenters. The summed E-state index contributed by atoms with van der Waals surface area (Å²) in [5.74, 6) is 0. The van der Waals surface area contributed by atoms with Crippen LogP contribution in [0.4, 0.5) is 0 Å². The predicted octanol–water partition coefficient (Wildman–Crippen LogP) is 2.19. The number of aliphatic hydroxyl groups excluding tert-OH is 1. The lowest BCUT2D eigenvalue weighted by Gasteiger charge is -2.55. The fourth-order valence-corrected chi connectivity index (χ4v) is 5.44. The number of fused-ring (bicyclic) bond motifs is 4. The fraction of sp³-hybridized carbons (Fsp3) is 0.632. The molecule has 2 aromatic rings. The van der Waals surface area contributed by atoms with E-state index in [4.69, 9.17) is 5.11 Å². The van der Waals surface area contributed by atoms with E-state index in [0.717, 1.165) is 11.4 Å². The average molecular weight is 348 g/mol. The number of aliphatic hydroxyl groups is 1. The summed E-state index contributed by atoms with van der Waals surface area (Å²) in [5, 5.41) is 10.3. The van der Waals surface area contributed by atoms with Gasteiger partial charge in [0, 0.05) is 19.4 Å². The highest BCUT2D eigenvalue weighted by molar-refractivity contribution is 7.18. The van der Waals surface area contributed by atoms with Gasteiger partial charge in [0.1, 0.15) is 39.3 Å². The first-order valence-electron chi connectivity index (χ1n) is 9.29. The summed E-state index contributed by atoms with van der Waals surface area (Å²) in [4.78, 5) is 4.64. The maximum atomic E-state index is 9.14. The summed E-state index contributed by atoms with van der Waals surface area (Å²) in [6.45, 7) is 12.8.